The van der Waals surface area contributed by atoms with E-state index in [2.05, 4.69) is 61.4 Å². The Morgan fingerprint density at radius 2 is 1.72 bits per heavy atom. The number of benzene rings is 1. The molecule has 2 N–H and O–H groups in total. The van der Waals surface area contributed by atoms with Gasteiger partial charge in [0.25, 0.3) is 5.91 Å². The lowest BCUT2D eigenvalue weighted by atomic mass is 9.90. The zero-order valence-electron chi connectivity index (χ0n) is 22.2. The quantitative estimate of drug-likeness (QED) is 0.408. The summed E-state index contributed by atoms with van der Waals surface area (Å²) in [6.45, 7) is 8.18. The molecule has 3 aromatic rings. The van der Waals surface area contributed by atoms with E-state index >= 15 is 0 Å². The molecule has 2 aromatic heterocycles. The van der Waals surface area contributed by atoms with E-state index in [1.165, 1.54) is 5.56 Å². The van der Waals surface area contributed by atoms with Crippen LogP contribution in [0.1, 0.15) is 61.1 Å². The number of hydrogen-bond acceptors (Lipinski definition) is 6. The van der Waals surface area contributed by atoms with Crippen molar-refractivity contribution in [2.75, 3.05) is 18.4 Å². The molecule has 3 heterocycles. The molecule has 1 aliphatic heterocycles. The van der Waals surface area contributed by atoms with Crippen molar-refractivity contribution in [3.63, 3.8) is 0 Å². The van der Waals surface area contributed by atoms with Gasteiger partial charge in [0.1, 0.15) is 23.0 Å². The first kappa shape index (κ1) is 29.7. The summed E-state index contributed by atoms with van der Waals surface area (Å²) in [5.41, 5.74) is 1.68. The number of likely N-dealkylation sites (tertiary alicyclic amines) is 1. The van der Waals surface area contributed by atoms with Crippen LogP contribution in [0.15, 0.2) is 59.3 Å². The molecule has 11 heteroatoms. The Bertz CT molecular complexity index is 1220. The number of furan rings is 1. The topological polar surface area (TPSA) is 109 Å². The molecule has 39 heavy (non-hydrogen) atoms. The van der Waals surface area contributed by atoms with Gasteiger partial charge in [-0.2, -0.15) is 13.2 Å². The lowest BCUT2D eigenvalue weighted by Crippen LogP contribution is -2.39. The van der Waals surface area contributed by atoms with E-state index < -0.39 is 12.1 Å². The Kier molecular flexibility index (Phi) is 9.71. The Morgan fingerprint density at radius 1 is 1.08 bits per heavy atom. The average Bonchev–Trinajstić information content (AvgIpc) is 3.41. The number of nitrogens with zero attached hydrogens (tertiary/aromatic N) is 3. The van der Waals surface area contributed by atoms with Gasteiger partial charge in [0.05, 0.1) is 12.8 Å². The molecule has 210 valence electrons. The van der Waals surface area contributed by atoms with Gasteiger partial charge in [-0.3, -0.25) is 4.79 Å². The standard InChI is InChI=1S/C26H32N4O2.C2HF3O2/c1-26(2,3)25-28-18-22(23(29-25)27-17-21-10-7-15-32-21)24(31)30-13-11-20(12-14-30)16-19-8-5-4-6-9-19;3-2(4,5)1(6)7/h4-10,15,18,20H,11-14,16-17H2,1-3H3,(H,27,28,29);(H,6,7). The minimum absolute atomic E-state index is 0.00874. The number of hydrogen-bond donors (Lipinski definition) is 2. The molecule has 0 radical (unpaired) electrons. The number of halogens is 3. The first-order valence-electron chi connectivity index (χ1n) is 12.6. The first-order chi connectivity index (χ1) is 18.3. The van der Waals surface area contributed by atoms with Crippen LogP contribution in [0.3, 0.4) is 0 Å². The number of carboxylic acid groups (broad SMARTS) is 1. The molecule has 0 aliphatic carbocycles. The number of anilines is 1. The average molecular weight is 547 g/mol. The van der Waals surface area contributed by atoms with E-state index in [-0.39, 0.29) is 11.3 Å². The monoisotopic (exact) mass is 546 g/mol. The molecule has 0 bridgehead atoms. The molecule has 0 saturated carbocycles. The van der Waals surface area contributed by atoms with Gasteiger partial charge in [-0.25, -0.2) is 14.8 Å². The van der Waals surface area contributed by atoms with Crippen LogP contribution in [0.5, 0.6) is 0 Å². The highest BCUT2D eigenvalue weighted by atomic mass is 19.4. The summed E-state index contributed by atoms with van der Waals surface area (Å²) < 4.78 is 37.2. The van der Waals surface area contributed by atoms with Crippen molar-refractivity contribution in [2.24, 2.45) is 5.92 Å². The van der Waals surface area contributed by atoms with Crippen molar-refractivity contribution < 1.29 is 32.3 Å². The third-order valence-corrected chi connectivity index (χ3v) is 6.21. The van der Waals surface area contributed by atoms with Crippen molar-refractivity contribution >= 4 is 17.7 Å². The van der Waals surface area contributed by atoms with E-state index in [1.54, 1.807) is 12.5 Å². The zero-order valence-corrected chi connectivity index (χ0v) is 22.2. The van der Waals surface area contributed by atoms with Gasteiger partial charge in [-0.15, -0.1) is 0 Å². The van der Waals surface area contributed by atoms with Crippen LogP contribution in [-0.4, -0.2) is 51.1 Å². The number of aromatic nitrogens is 2. The van der Waals surface area contributed by atoms with Gasteiger partial charge in [-0.05, 0) is 42.9 Å². The van der Waals surface area contributed by atoms with Crippen molar-refractivity contribution in [2.45, 2.75) is 58.2 Å². The lowest BCUT2D eigenvalue weighted by Gasteiger charge is -2.32. The Morgan fingerprint density at radius 3 is 2.26 bits per heavy atom. The molecule has 1 aromatic carbocycles. The maximum atomic E-state index is 13.4. The van der Waals surface area contributed by atoms with E-state index in [0.29, 0.717) is 29.7 Å². The maximum absolute atomic E-state index is 13.4. The number of rotatable bonds is 6. The molecule has 0 unspecified atom stereocenters. The van der Waals surface area contributed by atoms with Crippen molar-refractivity contribution in [3.8, 4) is 0 Å². The fourth-order valence-electron chi connectivity index (χ4n) is 4.08. The highest BCUT2D eigenvalue weighted by molar-refractivity contribution is 5.98. The summed E-state index contributed by atoms with van der Waals surface area (Å²) in [7, 11) is 0. The predicted octanol–water partition coefficient (Wildman–Crippen LogP) is 5.71. The summed E-state index contributed by atoms with van der Waals surface area (Å²) >= 11 is 0. The second-order valence-corrected chi connectivity index (χ2v) is 10.4. The summed E-state index contributed by atoms with van der Waals surface area (Å²) in [4.78, 5) is 33.5. The summed E-state index contributed by atoms with van der Waals surface area (Å²) in [5, 5.41) is 10.4. The van der Waals surface area contributed by atoms with Crippen LogP contribution in [-0.2, 0) is 23.2 Å². The van der Waals surface area contributed by atoms with E-state index in [4.69, 9.17) is 19.3 Å². The van der Waals surface area contributed by atoms with Crippen LogP contribution in [0, 0.1) is 5.92 Å². The minimum Gasteiger partial charge on any atom is -0.475 e. The van der Waals surface area contributed by atoms with Gasteiger partial charge in [0, 0.05) is 24.7 Å². The maximum Gasteiger partial charge on any atom is 0.490 e. The SMILES string of the molecule is CC(C)(C)c1ncc(C(=O)N2CCC(Cc3ccccc3)CC2)c(NCc2ccco2)n1.O=C(O)C(F)(F)F. The normalized spacial score (nSPS) is 14.4. The lowest BCUT2D eigenvalue weighted by molar-refractivity contribution is -0.192. The molecule has 1 saturated heterocycles. The predicted molar refractivity (Wildman–Crippen MR) is 139 cm³/mol. The van der Waals surface area contributed by atoms with Crippen molar-refractivity contribution in [3.05, 3.63) is 77.6 Å². The summed E-state index contributed by atoms with van der Waals surface area (Å²) in [5.74, 6) is -0.0908. The molecule has 8 nitrogen and oxygen atoms in total. The van der Waals surface area contributed by atoms with Crippen LogP contribution in [0.25, 0.3) is 0 Å². The van der Waals surface area contributed by atoms with Crippen molar-refractivity contribution in [1.82, 2.24) is 14.9 Å². The third-order valence-electron chi connectivity index (χ3n) is 6.21. The van der Waals surface area contributed by atoms with Gasteiger partial charge >= 0.3 is 12.1 Å². The van der Waals surface area contributed by atoms with Gasteiger partial charge in [-0.1, -0.05) is 51.1 Å². The minimum atomic E-state index is -5.08. The Hall–Kier alpha value is -3.89. The molecule has 1 aliphatic rings. The third kappa shape index (κ3) is 8.83. The highest BCUT2D eigenvalue weighted by Gasteiger charge is 2.38. The first-order valence-corrected chi connectivity index (χ1v) is 12.6. The number of carbonyl (C=O) groups excluding carboxylic acids is 1. The van der Waals surface area contributed by atoms with Crippen molar-refractivity contribution in [1.29, 1.82) is 0 Å². The van der Waals surface area contributed by atoms with E-state index in [9.17, 15) is 18.0 Å². The number of amides is 1. The second kappa shape index (κ2) is 12.8. The highest BCUT2D eigenvalue weighted by Crippen LogP contribution is 2.26. The molecule has 4 rings (SSSR count). The van der Waals surface area contributed by atoms with Gasteiger partial charge in [0.15, 0.2) is 0 Å². The zero-order chi connectivity index (χ0) is 28.6. The van der Waals surface area contributed by atoms with Crippen LogP contribution < -0.4 is 5.32 Å². The fourth-order valence-corrected chi connectivity index (χ4v) is 4.08. The largest absolute Gasteiger partial charge is 0.490 e. The Balaban J connectivity index is 0.000000532. The second-order valence-electron chi connectivity index (χ2n) is 10.4. The molecule has 1 amide bonds. The molecular weight excluding hydrogens is 513 g/mol. The Labute approximate surface area is 225 Å². The number of carbonyl (C=O) groups is 2. The number of carboxylic acids is 1. The number of alkyl halides is 3. The smallest absolute Gasteiger partial charge is 0.475 e. The van der Waals surface area contributed by atoms with Gasteiger partial charge < -0.3 is 19.7 Å². The summed E-state index contributed by atoms with van der Waals surface area (Å²) in [6, 6.07) is 14.3. The van der Waals surface area contributed by atoms with E-state index in [0.717, 1.165) is 38.1 Å². The van der Waals surface area contributed by atoms with E-state index in [1.807, 2.05) is 17.0 Å². The molecular formula is C28H33F3N4O4. The molecule has 0 atom stereocenters. The molecule has 0 spiro atoms. The number of piperidine rings is 1. The van der Waals surface area contributed by atoms with Crippen LogP contribution >= 0.6 is 0 Å². The van der Waals surface area contributed by atoms with Crippen LogP contribution in [0.4, 0.5) is 19.0 Å². The van der Waals surface area contributed by atoms with Crippen LogP contribution in [0.2, 0.25) is 0 Å². The molecule has 1 fully saturated rings. The number of aliphatic carboxylic acids is 1. The fraction of sp³-hybridized carbons (Fsp3) is 0.429. The van der Waals surface area contributed by atoms with Gasteiger partial charge in [0.2, 0.25) is 0 Å². The summed E-state index contributed by atoms with van der Waals surface area (Å²) in [6.07, 6.45) is 1.33. The number of nitrogens with one attached hydrogen (secondary N) is 1.